The molecule has 8 nitrogen and oxygen atoms in total. The first-order valence-electron chi connectivity index (χ1n) is 14.2. The molecule has 1 aliphatic rings. The van der Waals surface area contributed by atoms with Crippen molar-refractivity contribution in [2.45, 2.75) is 90.5 Å². The molecule has 1 saturated carbocycles. The van der Waals surface area contributed by atoms with Gasteiger partial charge in [-0.2, -0.15) is 0 Å². The lowest BCUT2D eigenvalue weighted by atomic mass is 9.78. The third kappa shape index (κ3) is 7.11. The van der Waals surface area contributed by atoms with E-state index in [0.717, 1.165) is 18.2 Å². The minimum absolute atomic E-state index is 0.0343. The smallest absolute Gasteiger partial charge is 0.254 e. The Kier molecular flexibility index (Phi) is 9.74. The van der Waals surface area contributed by atoms with Crippen LogP contribution in [0.25, 0.3) is 0 Å². The number of rotatable bonds is 13. The van der Waals surface area contributed by atoms with Gasteiger partial charge in [0, 0.05) is 48.5 Å². The molecule has 0 radical (unpaired) electrons. The van der Waals surface area contributed by atoms with Gasteiger partial charge in [0.1, 0.15) is 11.6 Å². The van der Waals surface area contributed by atoms with Gasteiger partial charge in [0.15, 0.2) is 0 Å². The molecule has 0 atom stereocenters. The molecule has 1 aromatic carbocycles. The highest BCUT2D eigenvalue weighted by Gasteiger charge is 2.36. The van der Waals surface area contributed by atoms with Crippen LogP contribution in [-0.4, -0.2) is 72.3 Å². The fourth-order valence-corrected chi connectivity index (χ4v) is 5.86. The Balaban J connectivity index is 1.34. The fraction of sp³-hybridized carbons (Fsp3) is 0.567. The van der Waals surface area contributed by atoms with Crippen LogP contribution in [0.1, 0.15) is 86.9 Å². The minimum Gasteiger partial charge on any atom is -0.347 e. The van der Waals surface area contributed by atoms with Crippen LogP contribution in [0.2, 0.25) is 0 Å². The average Bonchev–Trinajstić information content (AvgIpc) is 3.63. The summed E-state index contributed by atoms with van der Waals surface area (Å²) >= 11 is 0. The Morgan fingerprint density at radius 2 is 1.47 bits per heavy atom. The normalized spacial score (nSPS) is 19.8. The molecule has 2 N–H and O–H groups in total. The number of hydrogen-bond donors (Lipinski definition) is 2. The van der Waals surface area contributed by atoms with Gasteiger partial charge < -0.3 is 14.9 Å². The summed E-state index contributed by atoms with van der Waals surface area (Å²) in [6, 6.07) is 8.70. The second-order valence-electron chi connectivity index (χ2n) is 11.1. The van der Waals surface area contributed by atoms with Gasteiger partial charge in [0.2, 0.25) is 0 Å². The van der Waals surface area contributed by atoms with Crippen LogP contribution in [0.3, 0.4) is 0 Å². The van der Waals surface area contributed by atoms with Crippen LogP contribution in [0, 0.1) is 0 Å². The molecule has 1 amide bonds. The highest BCUT2D eigenvalue weighted by atomic mass is 16.2. The van der Waals surface area contributed by atoms with Crippen molar-refractivity contribution in [2.75, 3.05) is 20.1 Å². The summed E-state index contributed by atoms with van der Waals surface area (Å²) in [5.74, 6) is 1.46. The molecule has 0 unspecified atom stereocenters. The number of carbonyl (C=O) groups excluding carboxylic acids is 1. The van der Waals surface area contributed by atoms with Gasteiger partial charge in [0.25, 0.3) is 5.91 Å². The minimum atomic E-state index is -0.0343. The molecule has 0 bridgehead atoms. The fourth-order valence-electron chi connectivity index (χ4n) is 5.86. The van der Waals surface area contributed by atoms with Crippen LogP contribution in [0.5, 0.6) is 0 Å². The molecule has 1 aliphatic carbocycles. The molecule has 38 heavy (non-hydrogen) atoms. The summed E-state index contributed by atoms with van der Waals surface area (Å²) < 4.78 is 0. The Morgan fingerprint density at radius 3 is 1.95 bits per heavy atom. The number of carbonyl (C=O) groups is 1. The van der Waals surface area contributed by atoms with Gasteiger partial charge in [-0.3, -0.25) is 14.6 Å². The number of H-pyrrole nitrogens is 2. The maximum absolute atomic E-state index is 13.4. The zero-order valence-electron chi connectivity index (χ0n) is 23.6. The van der Waals surface area contributed by atoms with Crippen molar-refractivity contribution in [1.29, 1.82) is 0 Å². The van der Waals surface area contributed by atoms with Crippen LogP contribution >= 0.6 is 0 Å². The third-order valence-corrected chi connectivity index (χ3v) is 8.12. The molecule has 0 spiro atoms. The van der Waals surface area contributed by atoms with E-state index in [1.54, 1.807) is 29.7 Å². The first-order chi connectivity index (χ1) is 18.4. The van der Waals surface area contributed by atoms with Crippen LogP contribution < -0.4 is 0 Å². The molecule has 1 fully saturated rings. The van der Waals surface area contributed by atoms with E-state index >= 15 is 0 Å². The predicted molar refractivity (Wildman–Crippen MR) is 151 cm³/mol. The third-order valence-electron chi connectivity index (χ3n) is 8.12. The molecule has 206 valence electrons. The van der Waals surface area contributed by atoms with Crippen molar-refractivity contribution in [1.82, 2.24) is 34.6 Å². The Bertz CT molecular complexity index is 1040. The summed E-state index contributed by atoms with van der Waals surface area (Å²) in [6.07, 6.45) is 14.4. The van der Waals surface area contributed by atoms with Crippen LogP contribution in [-0.2, 0) is 19.6 Å². The number of aromatic nitrogens is 4. The first kappa shape index (κ1) is 28.0. The second-order valence-corrected chi connectivity index (χ2v) is 11.1. The van der Waals surface area contributed by atoms with Crippen molar-refractivity contribution in [3.8, 4) is 0 Å². The molecule has 2 heterocycles. The van der Waals surface area contributed by atoms with E-state index in [-0.39, 0.29) is 5.91 Å². The molecule has 2 aromatic heterocycles. The zero-order valence-corrected chi connectivity index (χ0v) is 23.6. The highest BCUT2D eigenvalue weighted by Crippen LogP contribution is 2.35. The van der Waals surface area contributed by atoms with Gasteiger partial charge in [-0.25, -0.2) is 9.97 Å². The Hall–Kier alpha value is -2.97. The summed E-state index contributed by atoms with van der Waals surface area (Å²) in [6.45, 7) is 11.2. The largest absolute Gasteiger partial charge is 0.347 e. The van der Waals surface area contributed by atoms with Gasteiger partial charge in [0.05, 0.1) is 13.1 Å². The number of imidazole rings is 2. The van der Waals surface area contributed by atoms with Crippen molar-refractivity contribution in [2.24, 2.45) is 0 Å². The summed E-state index contributed by atoms with van der Waals surface area (Å²) in [7, 11) is 2.25. The first-order valence-corrected chi connectivity index (χ1v) is 14.2. The lowest BCUT2D eigenvalue weighted by molar-refractivity contribution is 0.0358. The Morgan fingerprint density at radius 1 is 0.921 bits per heavy atom. The van der Waals surface area contributed by atoms with Crippen molar-refractivity contribution >= 4 is 5.91 Å². The number of aromatic amines is 2. The number of benzene rings is 1. The van der Waals surface area contributed by atoms with Crippen molar-refractivity contribution in [3.05, 3.63) is 71.8 Å². The molecule has 4 rings (SSSR count). The molecular formula is C30H45N7O. The topological polar surface area (TPSA) is 84.2 Å². The van der Waals surface area contributed by atoms with Crippen molar-refractivity contribution in [3.63, 3.8) is 0 Å². The molecule has 0 saturated heterocycles. The summed E-state index contributed by atoms with van der Waals surface area (Å²) in [5, 5.41) is 0. The number of amides is 1. The molecule has 8 heteroatoms. The molecule has 3 aromatic rings. The Labute approximate surface area is 227 Å². The lowest BCUT2D eigenvalue weighted by Crippen LogP contribution is -2.51. The van der Waals surface area contributed by atoms with Crippen LogP contribution in [0.4, 0.5) is 0 Å². The standard InChI is InChI=1S/C30H45N7O/c1-5-19-37(20-6-2)30(3)13-11-26(12-14-30)35(4)21-24-7-9-25(10-8-24)29(38)36(22-27-31-15-16-32-27)23-28-33-17-18-34-28/h7-10,15-18,26H,5-6,11-14,19-23H2,1-4H3,(H,31,32)(H,33,34)/t26-,30-. The maximum Gasteiger partial charge on any atom is 0.254 e. The zero-order chi connectivity index (χ0) is 27.0. The van der Waals surface area contributed by atoms with E-state index in [0.29, 0.717) is 30.2 Å². The predicted octanol–water partition coefficient (Wildman–Crippen LogP) is 5.23. The summed E-state index contributed by atoms with van der Waals surface area (Å²) in [5.41, 5.74) is 2.25. The van der Waals surface area contributed by atoms with E-state index in [1.165, 1.54) is 57.2 Å². The summed E-state index contributed by atoms with van der Waals surface area (Å²) in [4.78, 5) is 35.2. The molecular weight excluding hydrogens is 474 g/mol. The van der Waals surface area contributed by atoms with E-state index < -0.39 is 0 Å². The monoisotopic (exact) mass is 519 g/mol. The van der Waals surface area contributed by atoms with Gasteiger partial charge >= 0.3 is 0 Å². The van der Waals surface area contributed by atoms with Gasteiger partial charge in [-0.15, -0.1) is 0 Å². The van der Waals surface area contributed by atoms with E-state index in [1.807, 2.05) is 12.1 Å². The van der Waals surface area contributed by atoms with Gasteiger partial charge in [-0.05, 0) is 83.3 Å². The van der Waals surface area contributed by atoms with Gasteiger partial charge in [-0.1, -0.05) is 26.0 Å². The van der Waals surface area contributed by atoms with E-state index in [9.17, 15) is 4.79 Å². The maximum atomic E-state index is 13.4. The second kappa shape index (κ2) is 13.2. The molecule has 0 aliphatic heterocycles. The quantitative estimate of drug-likeness (QED) is 0.323. The van der Waals surface area contributed by atoms with Crippen molar-refractivity contribution < 1.29 is 4.79 Å². The van der Waals surface area contributed by atoms with E-state index in [2.05, 4.69) is 69.7 Å². The lowest BCUT2D eigenvalue weighted by Gasteiger charge is -2.47. The average molecular weight is 520 g/mol. The van der Waals surface area contributed by atoms with E-state index in [4.69, 9.17) is 0 Å². The SMILES string of the molecule is CCCN(CCC)[C@]1(C)CC[C@@H](N(C)Cc2ccc(C(=O)N(Cc3ncc[nH]3)Cc3ncc[nH]3)cc2)CC1. The highest BCUT2D eigenvalue weighted by molar-refractivity contribution is 5.94. The number of nitrogens with zero attached hydrogens (tertiary/aromatic N) is 5. The number of nitrogens with one attached hydrogen (secondary N) is 2. The van der Waals surface area contributed by atoms with Crippen LogP contribution in [0.15, 0.2) is 49.1 Å². The number of hydrogen-bond acceptors (Lipinski definition) is 5.